The maximum atomic E-state index is 14.8. The molecule has 0 aliphatic heterocycles. The van der Waals surface area contributed by atoms with Crippen molar-refractivity contribution < 1.29 is 64.3 Å². The highest BCUT2D eigenvalue weighted by atomic mass is 32.2. The third-order valence-electron chi connectivity index (χ3n) is 4.45. The summed E-state index contributed by atoms with van der Waals surface area (Å²) in [6.07, 6.45) is 0. The summed E-state index contributed by atoms with van der Waals surface area (Å²) in [6, 6.07) is 1.57. The van der Waals surface area contributed by atoms with Gasteiger partial charge in [-0.1, -0.05) is 0 Å². The van der Waals surface area contributed by atoms with Gasteiger partial charge in [0.1, 0.15) is 26.3 Å². The van der Waals surface area contributed by atoms with Crippen molar-refractivity contribution in [2.45, 2.75) is 20.4 Å². The van der Waals surface area contributed by atoms with Gasteiger partial charge in [-0.2, -0.15) is 33.7 Å². The van der Waals surface area contributed by atoms with E-state index >= 15 is 0 Å². The van der Waals surface area contributed by atoms with Crippen molar-refractivity contribution >= 4 is 46.3 Å². The van der Waals surface area contributed by atoms with Gasteiger partial charge in [0.15, 0.2) is 11.6 Å². The molecule has 0 fully saturated rings. The van der Waals surface area contributed by atoms with Gasteiger partial charge in [0.2, 0.25) is 0 Å². The Morgan fingerprint density at radius 1 is 0.694 bits per heavy atom. The van der Waals surface area contributed by atoms with Gasteiger partial charge < -0.3 is 0 Å². The number of hydrogen-bond acceptors (Lipinski definition) is 12. The smallest absolute Gasteiger partial charge is 0.289 e. The molecule has 200 valence electrons. The van der Waals surface area contributed by atoms with E-state index in [1.807, 2.05) is 0 Å². The van der Waals surface area contributed by atoms with Gasteiger partial charge in [0, 0.05) is 16.7 Å². The molecular weight excluding hydrogens is 578 g/mol. The lowest BCUT2D eigenvalue weighted by Crippen LogP contribution is -2.16. The molecule has 36 heavy (non-hydrogen) atoms. The summed E-state index contributed by atoms with van der Waals surface area (Å²) >= 11 is 0. The Morgan fingerprint density at radius 3 is 1.36 bits per heavy atom. The van der Waals surface area contributed by atoms with E-state index < -0.39 is 95.0 Å². The van der Waals surface area contributed by atoms with Crippen LogP contribution in [0.2, 0.25) is 0 Å². The van der Waals surface area contributed by atoms with Gasteiger partial charge in [-0.05, 0) is 24.3 Å². The first-order chi connectivity index (χ1) is 16.3. The van der Waals surface area contributed by atoms with Crippen molar-refractivity contribution in [3.63, 3.8) is 0 Å². The first kappa shape index (κ1) is 29.8. The fraction of sp³-hybridized carbons (Fsp3) is 0.235. The molecule has 2 aromatic rings. The van der Waals surface area contributed by atoms with Crippen molar-refractivity contribution in [3.05, 3.63) is 52.6 Å². The quantitative estimate of drug-likeness (QED) is 0.228. The molecule has 0 unspecified atom stereocenters. The lowest BCUT2D eigenvalue weighted by atomic mass is 10.0. The summed E-state index contributed by atoms with van der Waals surface area (Å²) in [6.45, 7) is 0. The predicted molar refractivity (Wildman–Crippen MR) is 114 cm³/mol. The lowest BCUT2D eigenvalue weighted by Gasteiger charge is -2.13. The van der Waals surface area contributed by atoms with Crippen LogP contribution in [0.4, 0.5) is 8.78 Å². The molecule has 13 nitrogen and oxygen atoms in total. The highest BCUT2D eigenvalue weighted by Crippen LogP contribution is 2.30. The lowest BCUT2D eigenvalue weighted by molar-refractivity contribution is 0.103. The normalized spacial score (nSPS) is 13.1. The molecule has 2 rings (SSSR count). The molecule has 0 aliphatic carbocycles. The topological polar surface area (TPSA) is 202 Å². The number of benzene rings is 2. The fourth-order valence-electron chi connectivity index (χ4n) is 2.77. The number of rotatable bonds is 10. The second-order valence-electron chi connectivity index (χ2n) is 6.65. The van der Waals surface area contributed by atoms with E-state index in [9.17, 15) is 47.2 Å². The summed E-state index contributed by atoms with van der Waals surface area (Å²) in [4.78, 5) is 8.94. The molecule has 0 spiro atoms. The molecular formula is C17H16F2O13S4. The first-order valence-corrected chi connectivity index (χ1v) is 14.7. The zero-order valence-corrected chi connectivity index (χ0v) is 21.5. The van der Waals surface area contributed by atoms with Crippen LogP contribution in [-0.4, -0.2) is 65.3 Å². The highest BCUT2D eigenvalue weighted by Gasteiger charge is 2.32. The molecule has 0 saturated heterocycles. The minimum Gasteiger partial charge on any atom is -0.289 e. The minimum atomic E-state index is -4.97. The molecule has 1 N–H and O–H groups in total. The SMILES string of the molecule is COS(=O)(=O)c1cc(C(=O)c2cc(S(=O)(=O)OC)c(F)c(S(=O)(=O)OC)c2)cc(CS(=O)(=O)O)c1F. The van der Waals surface area contributed by atoms with Gasteiger partial charge >= 0.3 is 0 Å². The molecule has 19 heteroatoms. The Hall–Kier alpha value is -2.39. The Labute approximate surface area is 204 Å². The summed E-state index contributed by atoms with van der Waals surface area (Å²) in [5.74, 6) is -6.49. The molecule has 2 aromatic carbocycles. The molecule has 0 amide bonds. The molecule has 0 atom stereocenters. The average molecular weight is 595 g/mol. The summed E-state index contributed by atoms with van der Waals surface area (Å²) in [5, 5.41) is 0. The van der Waals surface area contributed by atoms with E-state index in [1.165, 1.54) is 0 Å². The first-order valence-electron chi connectivity index (χ1n) is 8.89. The third kappa shape index (κ3) is 6.11. The number of ketones is 1. The van der Waals surface area contributed by atoms with Crippen molar-refractivity contribution in [3.8, 4) is 0 Å². The van der Waals surface area contributed by atoms with Crippen LogP contribution in [0.1, 0.15) is 21.5 Å². The maximum absolute atomic E-state index is 14.8. The Bertz CT molecular complexity index is 1610. The zero-order valence-electron chi connectivity index (χ0n) is 18.3. The van der Waals surface area contributed by atoms with Crippen LogP contribution < -0.4 is 0 Å². The zero-order chi connectivity index (χ0) is 27.9. The predicted octanol–water partition coefficient (Wildman–Crippen LogP) is 0.589. The Morgan fingerprint density at radius 2 is 1.03 bits per heavy atom. The molecule has 0 aromatic heterocycles. The standard InChI is InChI=1S/C17H16F2O13S4/c1-30-34(24,25)12-5-9(4-11(15(12)18)8-33(21,22)23)17(20)10-6-13(35(26,27)31-2)16(19)14(7-10)36(28,29)32-3/h4-7H,8H2,1-3H3,(H,21,22,23). The van der Waals surface area contributed by atoms with Gasteiger partial charge in [-0.3, -0.25) is 21.9 Å². The summed E-state index contributed by atoms with van der Waals surface area (Å²) < 4.78 is 146. The number of carbonyl (C=O) groups excluding carboxylic acids is 1. The maximum Gasteiger partial charge on any atom is 0.299 e. The number of carbonyl (C=O) groups is 1. The fourth-order valence-corrected chi connectivity index (χ4v) is 5.80. The van der Waals surface area contributed by atoms with E-state index in [-0.39, 0.29) is 0 Å². The number of hydrogen-bond donors (Lipinski definition) is 1. The van der Waals surface area contributed by atoms with Crippen molar-refractivity contribution in [1.82, 2.24) is 0 Å². The molecule has 0 heterocycles. The van der Waals surface area contributed by atoms with Crippen LogP contribution in [0.3, 0.4) is 0 Å². The van der Waals surface area contributed by atoms with Crippen molar-refractivity contribution in [1.29, 1.82) is 0 Å². The molecule has 0 bridgehead atoms. The van der Waals surface area contributed by atoms with E-state index in [0.29, 0.717) is 45.6 Å². The van der Waals surface area contributed by atoms with Crippen LogP contribution >= 0.6 is 0 Å². The van der Waals surface area contributed by atoms with E-state index in [1.54, 1.807) is 0 Å². The van der Waals surface area contributed by atoms with Crippen LogP contribution in [0.5, 0.6) is 0 Å². The molecule has 0 saturated carbocycles. The highest BCUT2D eigenvalue weighted by molar-refractivity contribution is 7.87. The van der Waals surface area contributed by atoms with Crippen molar-refractivity contribution in [2.75, 3.05) is 21.3 Å². The van der Waals surface area contributed by atoms with Gasteiger partial charge in [-0.15, -0.1) is 0 Å². The largest absolute Gasteiger partial charge is 0.299 e. The van der Waals surface area contributed by atoms with Gasteiger partial charge in [0.25, 0.3) is 40.5 Å². The van der Waals surface area contributed by atoms with Crippen LogP contribution in [0, 0.1) is 11.6 Å². The van der Waals surface area contributed by atoms with Crippen LogP contribution in [0.25, 0.3) is 0 Å². The van der Waals surface area contributed by atoms with E-state index in [2.05, 4.69) is 12.5 Å². The monoisotopic (exact) mass is 594 g/mol. The van der Waals surface area contributed by atoms with Crippen molar-refractivity contribution in [2.24, 2.45) is 0 Å². The minimum absolute atomic E-state index is 0.349. The van der Waals surface area contributed by atoms with E-state index in [4.69, 9.17) is 4.55 Å². The van der Waals surface area contributed by atoms with Gasteiger partial charge in [-0.25, -0.2) is 8.78 Å². The second kappa shape index (κ2) is 10.2. The molecule has 0 radical (unpaired) electrons. The van der Waals surface area contributed by atoms with Crippen LogP contribution in [0.15, 0.2) is 39.0 Å². The third-order valence-corrected chi connectivity index (χ3v) is 8.95. The number of halogens is 2. The summed E-state index contributed by atoms with van der Waals surface area (Å²) in [7, 11) is -18.0. The van der Waals surface area contributed by atoms with Crippen LogP contribution in [-0.2, 0) is 58.8 Å². The Balaban J connectivity index is 2.97. The Kier molecular flexibility index (Phi) is 8.43. The molecule has 0 aliphatic rings. The van der Waals surface area contributed by atoms with Gasteiger partial charge in [0.05, 0.1) is 21.3 Å². The summed E-state index contributed by atoms with van der Waals surface area (Å²) in [5.41, 5.74) is -2.75. The van der Waals surface area contributed by atoms with E-state index in [0.717, 1.165) is 0 Å². The second-order valence-corrected chi connectivity index (χ2v) is 13.1. The average Bonchev–Trinajstić information content (AvgIpc) is 2.78.